The monoisotopic (exact) mass is 591 g/mol. The lowest BCUT2D eigenvalue weighted by molar-refractivity contribution is 0.321. The Morgan fingerprint density at radius 2 is 1.97 bits per heavy atom. The number of nitrogens with one attached hydrogen (secondary N) is 1. The fourth-order valence-electron chi connectivity index (χ4n) is 4.73. The van der Waals surface area contributed by atoms with Crippen LogP contribution < -0.4 is 5.32 Å². The number of sulfonamides is 1. The number of imidazole rings is 1. The maximum Gasteiger partial charge on any atom is 0.211 e. The average molecular weight is 593 g/mol. The first-order valence-electron chi connectivity index (χ1n) is 11.8. The number of anilines is 1. The zero-order valence-electron chi connectivity index (χ0n) is 20.0. The molecule has 1 saturated heterocycles. The van der Waals surface area contributed by atoms with Gasteiger partial charge < -0.3 is 9.72 Å². The summed E-state index contributed by atoms with van der Waals surface area (Å²) < 4.78 is 41.6. The largest absolute Gasteiger partial charge is 0.356 e. The molecular formula is C25H27BrFN5O2S2. The minimum atomic E-state index is -3.14. The van der Waals surface area contributed by atoms with Crippen LogP contribution in [0.15, 0.2) is 46.4 Å². The van der Waals surface area contributed by atoms with E-state index in [0.717, 1.165) is 52.7 Å². The lowest BCUT2D eigenvalue weighted by Crippen LogP contribution is -2.37. The van der Waals surface area contributed by atoms with Crippen LogP contribution >= 0.6 is 27.3 Å². The lowest BCUT2D eigenvalue weighted by Gasteiger charge is -2.30. The number of rotatable bonds is 7. The molecule has 4 heterocycles. The van der Waals surface area contributed by atoms with Crippen molar-refractivity contribution >= 4 is 48.1 Å². The highest BCUT2D eigenvalue weighted by molar-refractivity contribution is 9.10. The van der Waals surface area contributed by atoms with E-state index in [1.165, 1.54) is 35.3 Å². The van der Waals surface area contributed by atoms with Crippen LogP contribution in [-0.2, 0) is 23.0 Å². The van der Waals surface area contributed by atoms with Crippen molar-refractivity contribution < 1.29 is 12.8 Å². The number of nitrogens with zero attached hydrogens (tertiary/aromatic N) is 4. The topological polar surface area (TPSA) is 79.6 Å². The third-order valence-electron chi connectivity index (χ3n) is 6.67. The van der Waals surface area contributed by atoms with Crippen LogP contribution in [0.4, 0.5) is 9.52 Å². The van der Waals surface area contributed by atoms with Crippen molar-refractivity contribution in [2.24, 2.45) is 0 Å². The van der Waals surface area contributed by atoms with E-state index in [0.29, 0.717) is 30.0 Å². The lowest BCUT2D eigenvalue weighted by atomic mass is 9.91. The molecule has 1 N–H and O–H groups in total. The van der Waals surface area contributed by atoms with E-state index in [1.807, 2.05) is 5.38 Å². The van der Waals surface area contributed by atoms with Crippen LogP contribution in [0.25, 0.3) is 16.9 Å². The van der Waals surface area contributed by atoms with Crippen molar-refractivity contribution in [3.05, 3.63) is 69.1 Å². The minimum Gasteiger partial charge on any atom is -0.356 e. The average Bonchev–Trinajstić information content (AvgIpc) is 3.46. The Bertz CT molecular complexity index is 1510. The summed E-state index contributed by atoms with van der Waals surface area (Å²) >= 11 is 4.93. The van der Waals surface area contributed by atoms with Crippen LogP contribution in [0.3, 0.4) is 0 Å². The van der Waals surface area contributed by atoms with E-state index in [2.05, 4.69) is 50.9 Å². The molecule has 0 bridgehead atoms. The van der Waals surface area contributed by atoms with Crippen molar-refractivity contribution in [1.29, 1.82) is 0 Å². The van der Waals surface area contributed by atoms with Crippen molar-refractivity contribution in [3.63, 3.8) is 0 Å². The highest BCUT2D eigenvalue weighted by Gasteiger charge is 2.26. The summed E-state index contributed by atoms with van der Waals surface area (Å²) in [6.45, 7) is 3.77. The van der Waals surface area contributed by atoms with Gasteiger partial charge in [-0.3, -0.25) is 0 Å². The molecule has 1 aliphatic rings. The van der Waals surface area contributed by atoms with E-state index in [9.17, 15) is 12.8 Å². The highest BCUT2D eigenvalue weighted by Crippen LogP contribution is 2.32. The molecule has 0 amide bonds. The molecule has 1 aliphatic heterocycles. The van der Waals surface area contributed by atoms with Crippen molar-refractivity contribution in [3.8, 4) is 11.3 Å². The fraction of sp³-hybridized carbons (Fsp3) is 0.360. The first-order valence-corrected chi connectivity index (χ1v) is 15.3. The molecule has 4 aromatic rings. The summed E-state index contributed by atoms with van der Waals surface area (Å²) in [4.78, 5) is 9.52. The van der Waals surface area contributed by atoms with Crippen LogP contribution in [-0.4, -0.2) is 46.4 Å². The molecule has 0 aliphatic carbocycles. The van der Waals surface area contributed by atoms with Gasteiger partial charge in [-0.15, -0.1) is 11.3 Å². The van der Waals surface area contributed by atoms with Gasteiger partial charge in [0.25, 0.3) is 0 Å². The Kier molecular flexibility index (Phi) is 7.17. The molecule has 0 unspecified atom stereocenters. The number of hydrogen-bond donors (Lipinski definition) is 1. The first-order chi connectivity index (χ1) is 17.2. The summed E-state index contributed by atoms with van der Waals surface area (Å²) in [6.07, 6.45) is 5.86. The Morgan fingerprint density at radius 3 is 2.67 bits per heavy atom. The van der Waals surface area contributed by atoms with Gasteiger partial charge in [-0.2, -0.15) is 0 Å². The van der Waals surface area contributed by atoms with E-state index in [1.54, 1.807) is 10.4 Å². The van der Waals surface area contributed by atoms with E-state index in [4.69, 9.17) is 9.97 Å². The minimum absolute atomic E-state index is 0.292. The molecule has 0 atom stereocenters. The van der Waals surface area contributed by atoms with Gasteiger partial charge in [0.05, 0.1) is 29.9 Å². The number of benzene rings is 1. The van der Waals surface area contributed by atoms with E-state index in [-0.39, 0.29) is 5.82 Å². The van der Waals surface area contributed by atoms with Gasteiger partial charge in [-0.25, -0.2) is 27.1 Å². The number of piperidine rings is 1. The number of aryl methyl sites for hydroxylation is 1. The highest BCUT2D eigenvalue weighted by atomic mass is 79.9. The maximum atomic E-state index is 13.5. The molecule has 190 valence electrons. The van der Waals surface area contributed by atoms with Crippen molar-refractivity contribution in [2.75, 3.05) is 24.7 Å². The van der Waals surface area contributed by atoms with Crippen LogP contribution in [0, 0.1) is 5.82 Å². The second-order valence-corrected chi connectivity index (χ2v) is 12.7. The van der Waals surface area contributed by atoms with Gasteiger partial charge >= 0.3 is 0 Å². The third-order valence-corrected chi connectivity index (χ3v) is 9.43. The number of thiazole rings is 1. The molecule has 7 nitrogen and oxygen atoms in total. The van der Waals surface area contributed by atoms with Gasteiger partial charge in [0.2, 0.25) is 10.0 Å². The van der Waals surface area contributed by atoms with E-state index < -0.39 is 10.0 Å². The quantitative estimate of drug-likeness (QED) is 0.299. The zero-order chi connectivity index (χ0) is 25.4. The summed E-state index contributed by atoms with van der Waals surface area (Å²) in [5.74, 6) is 0.0237. The van der Waals surface area contributed by atoms with Gasteiger partial charge in [-0.1, -0.05) is 13.0 Å². The standard InChI is InChI=1S/C25H27BrFN5O2S2/c1-3-21-23(13-28-25-30-22(15-35-25)19-6-5-18(27)12-20(19)26)32-14-17(4-7-24(32)29-21)16-8-10-31(11-9-16)36(2,33)34/h4-7,12,14-16H,3,8-11,13H2,1-2H3,(H,28,30). The summed E-state index contributed by atoms with van der Waals surface area (Å²) in [7, 11) is -3.14. The summed E-state index contributed by atoms with van der Waals surface area (Å²) in [6, 6.07) is 8.76. The summed E-state index contributed by atoms with van der Waals surface area (Å²) in [5.41, 5.74) is 5.85. The smallest absolute Gasteiger partial charge is 0.211 e. The number of hydrogen-bond acceptors (Lipinski definition) is 6. The molecule has 0 saturated carbocycles. The molecule has 3 aromatic heterocycles. The molecule has 0 radical (unpaired) electrons. The second kappa shape index (κ2) is 10.2. The number of fused-ring (bicyclic) bond motifs is 1. The van der Waals surface area contributed by atoms with Gasteiger partial charge in [-0.05, 0) is 70.9 Å². The van der Waals surface area contributed by atoms with Gasteiger partial charge in [0, 0.05) is 34.7 Å². The molecule has 36 heavy (non-hydrogen) atoms. The second-order valence-electron chi connectivity index (χ2n) is 9.00. The van der Waals surface area contributed by atoms with E-state index >= 15 is 0 Å². The molecule has 5 rings (SSSR count). The zero-order valence-corrected chi connectivity index (χ0v) is 23.3. The van der Waals surface area contributed by atoms with Crippen molar-refractivity contribution in [1.82, 2.24) is 18.7 Å². The number of pyridine rings is 1. The normalized spacial score (nSPS) is 15.6. The van der Waals surface area contributed by atoms with Crippen LogP contribution in [0.5, 0.6) is 0 Å². The predicted molar refractivity (Wildman–Crippen MR) is 145 cm³/mol. The molecule has 11 heteroatoms. The Balaban J connectivity index is 1.35. The van der Waals surface area contributed by atoms with Crippen LogP contribution in [0.1, 0.15) is 42.6 Å². The Morgan fingerprint density at radius 1 is 1.19 bits per heavy atom. The molecule has 1 aromatic carbocycles. The summed E-state index contributed by atoms with van der Waals surface area (Å²) in [5, 5.41) is 6.18. The van der Waals surface area contributed by atoms with Gasteiger partial charge in [0.1, 0.15) is 11.5 Å². The maximum absolute atomic E-state index is 13.5. The number of halogens is 2. The third kappa shape index (κ3) is 5.20. The predicted octanol–water partition coefficient (Wildman–Crippen LogP) is 5.67. The fourth-order valence-corrected chi connectivity index (χ4v) is 6.86. The SMILES string of the molecule is CCc1nc2ccc(C3CCN(S(C)(=O)=O)CC3)cn2c1CNc1nc(-c2ccc(F)cc2Br)cs1. The number of aromatic nitrogens is 3. The van der Waals surface area contributed by atoms with Crippen LogP contribution in [0.2, 0.25) is 0 Å². The van der Waals surface area contributed by atoms with Crippen molar-refractivity contribution in [2.45, 2.75) is 38.6 Å². The Hall–Kier alpha value is -2.34. The molecule has 0 spiro atoms. The first kappa shape index (κ1) is 25.3. The Labute approximate surface area is 222 Å². The molecule has 1 fully saturated rings. The van der Waals surface area contributed by atoms with Gasteiger partial charge in [0.15, 0.2) is 5.13 Å². The molecular weight excluding hydrogens is 565 g/mol.